The molecule has 33 heavy (non-hydrogen) atoms. The lowest BCUT2D eigenvalue weighted by atomic mass is 9.86. The van der Waals surface area contributed by atoms with Crippen LogP contribution < -0.4 is 15.0 Å². The largest absolute Gasteiger partial charge is 0.495 e. The molecule has 1 aliphatic heterocycles. The van der Waals surface area contributed by atoms with Gasteiger partial charge < -0.3 is 23.8 Å². The molecule has 0 radical (unpaired) electrons. The number of nitrogens with zero attached hydrogens (tertiary/aromatic N) is 3. The number of rotatable bonds is 5. The number of carbonyl (C=O) groups is 1. The SMILES string of the molecule is COc1ccc(C(C)(C)C)cc1NC(=O)C1CCN(c2oc(-c3ccco3)nc2C#N)CC1. The highest BCUT2D eigenvalue weighted by molar-refractivity contribution is 5.94. The number of nitriles is 1. The van der Waals surface area contributed by atoms with Gasteiger partial charge in [-0.25, -0.2) is 0 Å². The molecule has 0 unspecified atom stereocenters. The molecule has 3 aromatic rings. The van der Waals surface area contributed by atoms with Crippen LogP contribution >= 0.6 is 0 Å². The summed E-state index contributed by atoms with van der Waals surface area (Å²) in [6, 6.07) is 11.5. The van der Waals surface area contributed by atoms with E-state index in [0.29, 0.717) is 49.0 Å². The molecule has 0 saturated carbocycles. The lowest BCUT2D eigenvalue weighted by molar-refractivity contribution is -0.120. The highest BCUT2D eigenvalue weighted by atomic mass is 16.5. The van der Waals surface area contributed by atoms with E-state index in [0.717, 1.165) is 5.56 Å². The lowest BCUT2D eigenvalue weighted by Gasteiger charge is -2.31. The topological polar surface area (TPSA) is 105 Å². The molecule has 2 aromatic heterocycles. The number of furan rings is 1. The van der Waals surface area contributed by atoms with Crippen LogP contribution in [0.4, 0.5) is 11.6 Å². The molecule has 1 saturated heterocycles. The Bertz CT molecular complexity index is 1160. The fourth-order valence-electron chi connectivity index (χ4n) is 3.96. The standard InChI is InChI=1S/C25H28N4O4/c1-25(2,3)17-7-8-20(31-4)18(14-17)27-22(30)16-9-11-29(12-10-16)24-19(15-26)28-23(33-24)21-6-5-13-32-21/h5-8,13-14,16H,9-12H2,1-4H3,(H,27,30). The minimum absolute atomic E-state index is 0.0339. The number of amides is 1. The van der Waals surface area contributed by atoms with Gasteiger partial charge in [0.25, 0.3) is 5.89 Å². The second kappa shape index (κ2) is 9.02. The Hall–Kier alpha value is -3.73. The van der Waals surface area contributed by atoms with E-state index in [1.807, 2.05) is 23.1 Å². The summed E-state index contributed by atoms with van der Waals surface area (Å²) in [6.45, 7) is 7.56. The highest BCUT2D eigenvalue weighted by Crippen LogP contribution is 2.34. The zero-order valence-corrected chi connectivity index (χ0v) is 19.3. The van der Waals surface area contributed by atoms with Gasteiger partial charge in [0.1, 0.15) is 11.8 Å². The number of benzene rings is 1. The summed E-state index contributed by atoms with van der Waals surface area (Å²) in [5.41, 5.74) is 1.98. The number of hydrogen-bond acceptors (Lipinski definition) is 7. The predicted octanol–water partition coefficient (Wildman–Crippen LogP) is 4.97. The van der Waals surface area contributed by atoms with E-state index in [1.165, 1.54) is 6.26 Å². The van der Waals surface area contributed by atoms with Crippen molar-refractivity contribution < 1.29 is 18.4 Å². The van der Waals surface area contributed by atoms with Gasteiger partial charge in [-0.1, -0.05) is 26.8 Å². The Morgan fingerprint density at radius 1 is 1.27 bits per heavy atom. The molecular weight excluding hydrogens is 420 g/mol. The first kappa shape index (κ1) is 22.5. The first-order valence-electron chi connectivity index (χ1n) is 11.0. The van der Waals surface area contributed by atoms with Gasteiger partial charge >= 0.3 is 0 Å². The van der Waals surface area contributed by atoms with Crippen LogP contribution in [0, 0.1) is 17.2 Å². The molecule has 1 fully saturated rings. The Morgan fingerprint density at radius 3 is 2.64 bits per heavy atom. The Labute approximate surface area is 193 Å². The number of carbonyl (C=O) groups excluding carboxylic acids is 1. The van der Waals surface area contributed by atoms with Crippen LogP contribution in [-0.4, -0.2) is 31.1 Å². The molecule has 0 bridgehead atoms. The number of methoxy groups -OCH3 is 1. The van der Waals surface area contributed by atoms with Crippen molar-refractivity contribution in [1.82, 2.24) is 4.98 Å². The third-order valence-electron chi connectivity index (χ3n) is 5.92. The lowest BCUT2D eigenvalue weighted by Crippen LogP contribution is -2.38. The van der Waals surface area contributed by atoms with Crippen molar-refractivity contribution in [3.8, 4) is 23.5 Å². The molecule has 8 heteroatoms. The molecule has 172 valence electrons. The minimum atomic E-state index is -0.151. The van der Waals surface area contributed by atoms with Crippen LogP contribution in [-0.2, 0) is 10.2 Å². The molecule has 1 aliphatic rings. The van der Waals surface area contributed by atoms with Gasteiger partial charge in [0.05, 0.1) is 19.1 Å². The van der Waals surface area contributed by atoms with Gasteiger partial charge in [-0.3, -0.25) is 4.79 Å². The van der Waals surface area contributed by atoms with Crippen LogP contribution in [0.25, 0.3) is 11.7 Å². The molecule has 1 aromatic carbocycles. The summed E-state index contributed by atoms with van der Waals surface area (Å²) in [5.74, 6) is 1.62. The summed E-state index contributed by atoms with van der Waals surface area (Å²) in [4.78, 5) is 19.2. The summed E-state index contributed by atoms with van der Waals surface area (Å²) in [6.07, 6.45) is 2.80. The number of hydrogen-bond donors (Lipinski definition) is 1. The number of nitrogens with one attached hydrogen (secondary N) is 1. The van der Waals surface area contributed by atoms with Crippen molar-refractivity contribution in [2.45, 2.75) is 39.0 Å². The number of oxazole rings is 1. The molecule has 1 N–H and O–H groups in total. The number of aromatic nitrogens is 1. The van der Waals surface area contributed by atoms with E-state index in [4.69, 9.17) is 13.6 Å². The predicted molar refractivity (Wildman–Crippen MR) is 124 cm³/mol. The van der Waals surface area contributed by atoms with Crippen LogP contribution in [0.1, 0.15) is 44.9 Å². The van der Waals surface area contributed by atoms with Gasteiger partial charge in [-0.15, -0.1) is 0 Å². The second-order valence-corrected chi connectivity index (χ2v) is 9.18. The fraction of sp³-hybridized carbons (Fsp3) is 0.400. The number of piperidine rings is 1. The van der Waals surface area contributed by atoms with Gasteiger partial charge in [0.2, 0.25) is 17.5 Å². The summed E-state index contributed by atoms with van der Waals surface area (Å²) < 4.78 is 16.6. The average molecular weight is 449 g/mol. The number of anilines is 2. The fourth-order valence-corrected chi connectivity index (χ4v) is 3.96. The minimum Gasteiger partial charge on any atom is -0.495 e. The molecule has 0 atom stereocenters. The van der Waals surface area contributed by atoms with Crippen LogP contribution in [0.15, 0.2) is 45.4 Å². The van der Waals surface area contributed by atoms with E-state index in [9.17, 15) is 10.1 Å². The number of ether oxygens (including phenoxy) is 1. The molecule has 8 nitrogen and oxygen atoms in total. The van der Waals surface area contributed by atoms with Crippen molar-refractivity contribution >= 4 is 17.5 Å². The normalized spacial score (nSPS) is 14.7. The maximum atomic E-state index is 13.0. The van der Waals surface area contributed by atoms with Gasteiger partial charge in [0, 0.05) is 19.0 Å². The van der Waals surface area contributed by atoms with Crippen molar-refractivity contribution in [1.29, 1.82) is 5.26 Å². The summed E-state index contributed by atoms with van der Waals surface area (Å²) in [7, 11) is 1.60. The molecular formula is C25H28N4O4. The molecule has 0 spiro atoms. The maximum absolute atomic E-state index is 13.0. The van der Waals surface area contributed by atoms with Gasteiger partial charge in [-0.05, 0) is 48.1 Å². The van der Waals surface area contributed by atoms with E-state index in [2.05, 4.69) is 37.1 Å². The average Bonchev–Trinajstić information content (AvgIpc) is 3.48. The van der Waals surface area contributed by atoms with Crippen LogP contribution in [0.3, 0.4) is 0 Å². The van der Waals surface area contributed by atoms with Crippen molar-refractivity contribution in [2.75, 3.05) is 30.4 Å². The molecule has 1 amide bonds. The molecule has 0 aliphatic carbocycles. The highest BCUT2D eigenvalue weighted by Gasteiger charge is 2.30. The third-order valence-corrected chi connectivity index (χ3v) is 5.92. The maximum Gasteiger partial charge on any atom is 0.266 e. The Kier molecular flexibility index (Phi) is 6.14. The van der Waals surface area contributed by atoms with Gasteiger partial charge in [0.15, 0.2) is 5.76 Å². The van der Waals surface area contributed by atoms with Crippen molar-refractivity contribution in [3.63, 3.8) is 0 Å². The van der Waals surface area contributed by atoms with Gasteiger partial charge in [-0.2, -0.15) is 10.2 Å². The summed E-state index contributed by atoms with van der Waals surface area (Å²) >= 11 is 0. The zero-order valence-electron chi connectivity index (χ0n) is 19.3. The third kappa shape index (κ3) is 4.72. The monoisotopic (exact) mass is 448 g/mol. The van der Waals surface area contributed by atoms with Crippen molar-refractivity contribution in [2.24, 2.45) is 5.92 Å². The smallest absolute Gasteiger partial charge is 0.266 e. The quantitative estimate of drug-likeness (QED) is 0.588. The van der Waals surface area contributed by atoms with Crippen LogP contribution in [0.2, 0.25) is 0 Å². The first-order chi connectivity index (χ1) is 15.8. The van der Waals surface area contributed by atoms with Crippen molar-refractivity contribution in [3.05, 3.63) is 47.9 Å². The van der Waals surface area contributed by atoms with E-state index in [1.54, 1.807) is 19.2 Å². The van der Waals surface area contributed by atoms with Crippen LogP contribution in [0.5, 0.6) is 5.75 Å². The van der Waals surface area contributed by atoms with E-state index < -0.39 is 0 Å². The first-order valence-corrected chi connectivity index (χ1v) is 11.0. The van der Waals surface area contributed by atoms with E-state index in [-0.39, 0.29) is 28.8 Å². The zero-order chi connectivity index (χ0) is 23.6. The second-order valence-electron chi connectivity index (χ2n) is 9.18. The Morgan fingerprint density at radius 2 is 2.03 bits per heavy atom. The summed E-state index contributed by atoms with van der Waals surface area (Å²) in [5, 5.41) is 12.5. The molecule has 4 rings (SSSR count). The molecule has 3 heterocycles. The Balaban J connectivity index is 1.44. The van der Waals surface area contributed by atoms with E-state index >= 15 is 0 Å².